The van der Waals surface area contributed by atoms with Gasteiger partial charge in [-0.05, 0) is 18.2 Å². The van der Waals surface area contributed by atoms with Gasteiger partial charge in [-0.1, -0.05) is 24.2 Å². The van der Waals surface area contributed by atoms with Crippen molar-refractivity contribution in [2.45, 2.75) is 0 Å². The second kappa shape index (κ2) is 6.84. The number of nitrogens with one attached hydrogen (secondary N) is 1. The summed E-state index contributed by atoms with van der Waals surface area (Å²) < 4.78 is 0. The predicted molar refractivity (Wildman–Crippen MR) is 67.2 cm³/mol. The van der Waals surface area contributed by atoms with Crippen molar-refractivity contribution in [2.75, 3.05) is 37.6 Å². The maximum absolute atomic E-state index is 5.89. The standard InChI is InChI=1S/C12H16ClN3.ClH/c1-2-6-15-7-9-16(10-8-15)12-5-3-4-11(13)14-12;/h2-5H,1,6-10H2;1H. The number of hydrogen-bond donors (Lipinski definition) is 1. The van der Waals surface area contributed by atoms with Crippen molar-refractivity contribution in [1.82, 2.24) is 4.98 Å². The Morgan fingerprint density at radius 2 is 2.12 bits per heavy atom. The van der Waals surface area contributed by atoms with Crippen LogP contribution < -0.4 is 22.2 Å². The summed E-state index contributed by atoms with van der Waals surface area (Å²) in [6.45, 7) is 9.19. The Bertz CT molecular complexity index is 363. The molecule has 1 N–H and O–H groups in total. The quantitative estimate of drug-likeness (QED) is 0.491. The van der Waals surface area contributed by atoms with E-state index in [4.69, 9.17) is 11.6 Å². The number of nitrogens with zero attached hydrogens (tertiary/aromatic N) is 2. The van der Waals surface area contributed by atoms with E-state index in [1.807, 2.05) is 24.3 Å². The molecule has 0 saturated carbocycles. The molecule has 0 unspecified atom stereocenters. The zero-order chi connectivity index (χ0) is 11.4. The molecule has 0 radical (unpaired) electrons. The van der Waals surface area contributed by atoms with E-state index in [0.29, 0.717) is 5.15 Å². The summed E-state index contributed by atoms with van der Waals surface area (Å²) in [5, 5.41) is 0.568. The number of pyridine rings is 1. The molecule has 1 saturated heterocycles. The first kappa shape index (κ1) is 14.3. The molecular formula is C12H17Cl2N3. The first-order chi connectivity index (χ1) is 7.79. The summed E-state index contributed by atoms with van der Waals surface area (Å²) in [5.41, 5.74) is 0. The van der Waals surface area contributed by atoms with Crippen molar-refractivity contribution in [3.8, 4) is 0 Å². The summed E-state index contributed by atoms with van der Waals surface area (Å²) in [7, 11) is 0. The normalized spacial score (nSPS) is 16.4. The molecule has 3 nitrogen and oxygen atoms in total. The van der Waals surface area contributed by atoms with Crippen LogP contribution in [0.4, 0.5) is 5.82 Å². The summed E-state index contributed by atoms with van der Waals surface area (Å²) in [6, 6.07) is 5.78. The molecule has 5 heteroatoms. The summed E-state index contributed by atoms with van der Waals surface area (Å²) >= 11 is 5.89. The fraction of sp³-hybridized carbons (Fsp3) is 0.417. The van der Waals surface area contributed by atoms with Crippen LogP contribution >= 0.6 is 11.6 Å². The van der Waals surface area contributed by atoms with E-state index in [1.165, 1.54) is 0 Å². The number of piperazine rings is 1. The molecule has 0 aromatic carbocycles. The number of aromatic nitrogens is 1. The Kier molecular flexibility index (Phi) is 5.75. The van der Waals surface area contributed by atoms with Crippen molar-refractivity contribution in [2.24, 2.45) is 0 Å². The van der Waals surface area contributed by atoms with Gasteiger partial charge in [0.15, 0.2) is 0 Å². The van der Waals surface area contributed by atoms with Crippen molar-refractivity contribution in [3.63, 3.8) is 0 Å². The third-order valence-corrected chi connectivity index (χ3v) is 3.14. The summed E-state index contributed by atoms with van der Waals surface area (Å²) in [6.07, 6.45) is 1.99. The first-order valence-corrected chi connectivity index (χ1v) is 5.99. The molecule has 2 rings (SSSR count). The van der Waals surface area contributed by atoms with Crippen LogP contribution in [0.1, 0.15) is 0 Å². The van der Waals surface area contributed by atoms with Crippen LogP contribution in [0, 0.1) is 0 Å². The Labute approximate surface area is 113 Å². The molecule has 1 aromatic rings. The lowest BCUT2D eigenvalue weighted by atomic mass is 10.3. The smallest absolute Gasteiger partial charge is 0.131 e. The number of hydrogen-bond acceptors (Lipinski definition) is 2. The second-order valence-corrected chi connectivity index (χ2v) is 4.44. The molecule has 2 heterocycles. The van der Waals surface area contributed by atoms with E-state index >= 15 is 0 Å². The maximum Gasteiger partial charge on any atom is 0.131 e. The lowest BCUT2D eigenvalue weighted by Gasteiger charge is -2.32. The fourth-order valence-electron chi connectivity index (χ4n) is 2.03. The molecule has 1 aliphatic heterocycles. The fourth-order valence-corrected chi connectivity index (χ4v) is 2.19. The molecule has 0 spiro atoms. The zero-order valence-corrected chi connectivity index (χ0v) is 11.2. The highest BCUT2D eigenvalue weighted by Crippen LogP contribution is 2.13. The van der Waals surface area contributed by atoms with E-state index in [0.717, 1.165) is 38.5 Å². The van der Waals surface area contributed by atoms with Crippen LogP contribution in [0.15, 0.2) is 30.9 Å². The first-order valence-electron chi connectivity index (χ1n) is 5.61. The number of quaternary nitrogens is 1. The topological polar surface area (TPSA) is 20.6 Å². The largest absolute Gasteiger partial charge is 1.00 e. The van der Waals surface area contributed by atoms with Crippen LogP contribution in [0.5, 0.6) is 0 Å². The molecule has 94 valence electrons. The van der Waals surface area contributed by atoms with Crippen molar-refractivity contribution < 1.29 is 17.3 Å². The maximum atomic E-state index is 5.89. The highest BCUT2D eigenvalue weighted by Gasteiger charge is 2.19. The van der Waals surface area contributed by atoms with E-state index in [1.54, 1.807) is 4.90 Å². The van der Waals surface area contributed by atoms with Gasteiger partial charge in [0.25, 0.3) is 0 Å². The van der Waals surface area contributed by atoms with E-state index in [-0.39, 0.29) is 12.4 Å². The lowest BCUT2D eigenvalue weighted by Crippen LogP contribution is -3.14. The van der Waals surface area contributed by atoms with Crippen molar-refractivity contribution >= 4 is 17.4 Å². The Hall–Kier alpha value is -0.770. The predicted octanol–water partition coefficient (Wildman–Crippen LogP) is -2.37. The Balaban J connectivity index is 0.00000144. The van der Waals surface area contributed by atoms with Gasteiger partial charge in [-0.2, -0.15) is 0 Å². The van der Waals surface area contributed by atoms with Gasteiger partial charge in [0.2, 0.25) is 0 Å². The minimum absolute atomic E-state index is 0. The highest BCUT2D eigenvalue weighted by atomic mass is 35.5. The molecular weight excluding hydrogens is 257 g/mol. The van der Waals surface area contributed by atoms with Gasteiger partial charge in [-0.25, -0.2) is 4.98 Å². The Morgan fingerprint density at radius 1 is 1.41 bits per heavy atom. The zero-order valence-electron chi connectivity index (χ0n) is 9.70. The van der Waals surface area contributed by atoms with Gasteiger partial charge in [-0.15, -0.1) is 0 Å². The molecule has 1 aromatic heterocycles. The average Bonchev–Trinajstić information content (AvgIpc) is 2.30. The molecule has 1 aliphatic rings. The van der Waals surface area contributed by atoms with Gasteiger partial charge >= 0.3 is 0 Å². The second-order valence-electron chi connectivity index (χ2n) is 4.05. The van der Waals surface area contributed by atoms with E-state index in [9.17, 15) is 0 Å². The molecule has 17 heavy (non-hydrogen) atoms. The highest BCUT2D eigenvalue weighted by molar-refractivity contribution is 6.29. The van der Waals surface area contributed by atoms with Gasteiger partial charge < -0.3 is 22.2 Å². The lowest BCUT2D eigenvalue weighted by molar-refractivity contribution is -0.894. The molecule has 1 fully saturated rings. The molecule has 0 atom stereocenters. The number of rotatable bonds is 3. The van der Waals surface area contributed by atoms with Crippen molar-refractivity contribution in [3.05, 3.63) is 36.0 Å². The molecule has 0 amide bonds. The van der Waals surface area contributed by atoms with Crippen molar-refractivity contribution in [1.29, 1.82) is 0 Å². The van der Waals surface area contributed by atoms with Gasteiger partial charge in [-0.3, -0.25) is 0 Å². The molecule has 0 bridgehead atoms. The van der Waals surface area contributed by atoms with Crippen LogP contribution in [-0.2, 0) is 0 Å². The van der Waals surface area contributed by atoms with Gasteiger partial charge in [0.1, 0.15) is 11.0 Å². The van der Waals surface area contributed by atoms with Crippen LogP contribution in [0.3, 0.4) is 0 Å². The van der Waals surface area contributed by atoms with Gasteiger partial charge in [0.05, 0.1) is 32.7 Å². The minimum atomic E-state index is 0. The average molecular weight is 274 g/mol. The third kappa shape index (κ3) is 3.87. The van der Waals surface area contributed by atoms with E-state index in [2.05, 4.69) is 16.5 Å². The number of halogens is 2. The molecule has 0 aliphatic carbocycles. The SMILES string of the molecule is C=CC[NH+]1CCN(c2cccc(Cl)n2)CC1.[Cl-]. The third-order valence-electron chi connectivity index (χ3n) is 2.93. The number of anilines is 1. The Morgan fingerprint density at radius 3 is 2.71 bits per heavy atom. The monoisotopic (exact) mass is 273 g/mol. The minimum Gasteiger partial charge on any atom is -1.00 e. The van der Waals surface area contributed by atoms with Crippen LogP contribution in [-0.4, -0.2) is 37.7 Å². The summed E-state index contributed by atoms with van der Waals surface area (Å²) in [4.78, 5) is 8.21. The van der Waals surface area contributed by atoms with Crippen LogP contribution in [0.2, 0.25) is 5.15 Å². The van der Waals surface area contributed by atoms with E-state index < -0.39 is 0 Å². The summed E-state index contributed by atoms with van der Waals surface area (Å²) in [5.74, 6) is 0.991. The van der Waals surface area contributed by atoms with Crippen LogP contribution in [0.25, 0.3) is 0 Å². The van der Waals surface area contributed by atoms with Gasteiger partial charge in [0, 0.05) is 0 Å².